The normalized spacial score (nSPS) is 21.1. The Balaban J connectivity index is 2.00. The molecule has 0 aliphatic heterocycles. The summed E-state index contributed by atoms with van der Waals surface area (Å²) in [4.78, 5) is 0. The van der Waals surface area contributed by atoms with Crippen LogP contribution in [0.5, 0.6) is 0 Å². The second-order valence-corrected chi connectivity index (χ2v) is 6.57. The van der Waals surface area contributed by atoms with Crippen molar-refractivity contribution in [3.05, 3.63) is 34.3 Å². The van der Waals surface area contributed by atoms with Gasteiger partial charge in [0.1, 0.15) is 0 Å². The molecular formula is C15H22BrN. The largest absolute Gasteiger partial charge is 0.327 e. The van der Waals surface area contributed by atoms with E-state index in [2.05, 4.69) is 47.1 Å². The summed E-state index contributed by atoms with van der Waals surface area (Å²) >= 11 is 3.47. The van der Waals surface area contributed by atoms with Crippen molar-refractivity contribution in [1.29, 1.82) is 0 Å². The van der Waals surface area contributed by atoms with Gasteiger partial charge < -0.3 is 5.73 Å². The Labute approximate surface area is 113 Å². The summed E-state index contributed by atoms with van der Waals surface area (Å²) in [5.41, 5.74) is 8.15. The predicted molar refractivity (Wildman–Crippen MR) is 77.0 cm³/mol. The maximum Gasteiger partial charge on any atom is 0.0175 e. The minimum atomic E-state index is 0.295. The van der Waals surface area contributed by atoms with Gasteiger partial charge in [0.15, 0.2) is 0 Å². The van der Waals surface area contributed by atoms with Crippen LogP contribution in [0.2, 0.25) is 0 Å². The second kappa shape index (κ2) is 5.53. The third-order valence-electron chi connectivity index (χ3n) is 4.26. The standard InChI is InChI=1S/C15H22BrN/c1-15(9-3-2-4-10-15)14(17)11-12-5-7-13(16)8-6-12/h5-8,14H,2-4,9-11,17H2,1H3. The van der Waals surface area contributed by atoms with Gasteiger partial charge in [-0.1, -0.05) is 54.2 Å². The molecule has 1 unspecified atom stereocenters. The molecule has 2 N–H and O–H groups in total. The summed E-state index contributed by atoms with van der Waals surface area (Å²) in [5, 5.41) is 0. The molecule has 0 saturated heterocycles. The van der Waals surface area contributed by atoms with Crippen molar-refractivity contribution in [2.24, 2.45) is 11.1 Å². The maximum atomic E-state index is 6.44. The van der Waals surface area contributed by atoms with Crippen LogP contribution >= 0.6 is 15.9 Å². The number of benzene rings is 1. The summed E-state index contributed by atoms with van der Waals surface area (Å²) in [5.74, 6) is 0. The van der Waals surface area contributed by atoms with Crippen molar-refractivity contribution >= 4 is 15.9 Å². The Morgan fingerprint density at radius 1 is 1.18 bits per heavy atom. The third-order valence-corrected chi connectivity index (χ3v) is 4.79. The molecular weight excluding hydrogens is 274 g/mol. The van der Waals surface area contributed by atoms with Gasteiger partial charge in [0.2, 0.25) is 0 Å². The molecule has 94 valence electrons. The zero-order valence-electron chi connectivity index (χ0n) is 10.6. The highest BCUT2D eigenvalue weighted by atomic mass is 79.9. The van der Waals surface area contributed by atoms with Crippen LogP contribution < -0.4 is 5.73 Å². The molecule has 2 heteroatoms. The van der Waals surface area contributed by atoms with Gasteiger partial charge >= 0.3 is 0 Å². The highest BCUT2D eigenvalue weighted by Crippen LogP contribution is 2.38. The average molecular weight is 296 g/mol. The quantitative estimate of drug-likeness (QED) is 0.884. The summed E-state index contributed by atoms with van der Waals surface area (Å²) in [6, 6.07) is 8.85. The molecule has 0 spiro atoms. The van der Waals surface area contributed by atoms with E-state index in [9.17, 15) is 0 Å². The molecule has 0 aromatic heterocycles. The van der Waals surface area contributed by atoms with Gasteiger partial charge in [0.05, 0.1) is 0 Å². The monoisotopic (exact) mass is 295 g/mol. The molecule has 0 bridgehead atoms. The fourth-order valence-electron chi connectivity index (χ4n) is 2.85. The van der Waals surface area contributed by atoms with E-state index in [0.29, 0.717) is 11.5 Å². The van der Waals surface area contributed by atoms with E-state index >= 15 is 0 Å². The van der Waals surface area contributed by atoms with Crippen LogP contribution in [0.4, 0.5) is 0 Å². The van der Waals surface area contributed by atoms with E-state index in [1.165, 1.54) is 37.7 Å². The first-order chi connectivity index (χ1) is 8.10. The van der Waals surface area contributed by atoms with Crippen molar-refractivity contribution < 1.29 is 0 Å². The molecule has 1 atom stereocenters. The van der Waals surface area contributed by atoms with E-state index in [1.807, 2.05) is 0 Å². The van der Waals surface area contributed by atoms with E-state index in [-0.39, 0.29) is 0 Å². The van der Waals surface area contributed by atoms with Crippen LogP contribution in [-0.2, 0) is 6.42 Å². The van der Waals surface area contributed by atoms with Crippen molar-refractivity contribution in [3.8, 4) is 0 Å². The maximum absolute atomic E-state index is 6.44. The van der Waals surface area contributed by atoms with Crippen molar-refractivity contribution in [3.63, 3.8) is 0 Å². The predicted octanol–water partition coefficient (Wildman–Crippen LogP) is 4.29. The molecule has 0 radical (unpaired) electrons. The molecule has 1 aliphatic rings. The lowest BCUT2D eigenvalue weighted by Crippen LogP contribution is -2.42. The molecule has 17 heavy (non-hydrogen) atoms. The number of rotatable bonds is 3. The SMILES string of the molecule is CC1(C(N)Cc2ccc(Br)cc2)CCCCC1. The van der Waals surface area contributed by atoms with Gasteiger partial charge in [-0.05, 0) is 42.4 Å². The minimum absolute atomic E-state index is 0.295. The summed E-state index contributed by atoms with van der Waals surface area (Å²) < 4.78 is 1.14. The van der Waals surface area contributed by atoms with Gasteiger partial charge in [0.25, 0.3) is 0 Å². The molecule has 1 aromatic rings. The Bertz CT molecular complexity index is 352. The van der Waals surface area contributed by atoms with Gasteiger partial charge in [-0.2, -0.15) is 0 Å². The molecule has 2 rings (SSSR count). The number of nitrogens with two attached hydrogens (primary N) is 1. The van der Waals surface area contributed by atoms with Crippen LogP contribution in [0.1, 0.15) is 44.6 Å². The first-order valence-corrected chi connectivity index (χ1v) is 7.39. The van der Waals surface area contributed by atoms with Crippen molar-refractivity contribution in [1.82, 2.24) is 0 Å². The molecule has 1 saturated carbocycles. The van der Waals surface area contributed by atoms with E-state index < -0.39 is 0 Å². The molecule has 1 fully saturated rings. The summed E-state index contributed by atoms with van der Waals surface area (Å²) in [7, 11) is 0. The fourth-order valence-corrected chi connectivity index (χ4v) is 3.12. The Morgan fingerprint density at radius 2 is 1.76 bits per heavy atom. The lowest BCUT2D eigenvalue weighted by molar-refractivity contribution is 0.169. The highest BCUT2D eigenvalue weighted by Gasteiger charge is 2.32. The first kappa shape index (κ1) is 13.1. The molecule has 0 amide bonds. The number of hydrogen-bond acceptors (Lipinski definition) is 1. The van der Waals surface area contributed by atoms with Gasteiger partial charge in [-0.3, -0.25) is 0 Å². The van der Waals surface area contributed by atoms with Crippen LogP contribution in [0, 0.1) is 5.41 Å². The Hall–Kier alpha value is -0.340. The zero-order valence-corrected chi connectivity index (χ0v) is 12.2. The smallest absolute Gasteiger partial charge is 0.0175 e. The third kappa shape index (κ3) is 3.32. The van der Waals surface area contributed by atoms with Crippen LogP contribution in [0.25, 0.3) is 0 Å². The van der Waals surface area contributed by atoms with E-state index in [0.717, 1.165) is 10.9 Å². The zero-order chi connectivity index (χ0) is 12.3. The molecule has 1 aliphatic carbocycles. The Kier molecular flexibility index (Phi) is 4.26. The molecule has 0 heterocycles. The lowest BCUT2D eigenvalue weighted by atomic mass is 9.69. The molecule has 1 aromatic carbocycles. The number of hydrogen-bond donors (Lipinski definition) is 1. The Morgan fingerprint density at radius 3 is 2.35 bits per heavy atom. The van der Waals surface area contributed by atoms with Gasteiger partial charge in [-0.15, -0.1) is 0 Å². The highest BCUT2D eigenvalue weighted by molar-refractivity contribution is 9.10. The summed E-state index contributed by atoms with van der Waals surface area (Å²) in [6.07, 6.45) is 7.69. The van der Waals surface area contributed by atoms with Crippen molar-refractivity contribution in [2.75, 3.05) is 0 Å². The lowest BCUT2D eigenvalue weighted by Gasteiger charge is -2.39. The van der Waals surface area contributed by atoms with E-state index in [1.54, 1.807) is 0 Å². The van der Waals surface area contributed by atoms with Crippen LogP contribution in [0.15, 0.2) is 28.7 Å². The number of halogens is 1. The van der Waals surface area contributed by atoms with Gasteiger partial charge in [0, 0.05) is 10.5 Å². The first-order valence-electron chi connectivity index (χ1n) is 6.60. The van der Waals surface area contributed by atoms with Crippen molar-refractivity contribution in [2.45, 2.75) is 51.5 Å². The topological polar surface area (TPSA) is 26.0 Å². The average Bonchev–Trinajstić information content (AvgIpc) is 2.33. The summed E-state index contributed by atoms with van der Waals surface area (Å²) in [6.45, 7) is 2.37. The van der Waals surface area contributed by atoms with Crippen LogP contribution in [0.3, 0.4) is 0 Å². The van der Waals surface area contributed by atoms with E-state index in [4.69, 9.17) is 5.73 Å². The minimum Gasteiger partial charge on any atom is -0.327 e. The fraction of sp³-hybridized carbons (Fsp3) is 0.600. The van der Waals surface area contributed by atoms with Gasteiger partial charge in [-0.25, -0.2) is 0 Å². The second-order valence-electron chi connectivity index (χ2n) is 5.65. The van der Waals surface area contributed by atoms with Crippen LogP contribution in [-0.4, -0.2) is 6.04 Å². The molecule has 1 nitrogen and oxygen atoms in total.